The Morgan fingerprint density at radius 3 is 2.26 bits per heavy atom. The van der Waals surface area contributed by atoms with E-state index in [-0.39, 0.29) is 0 Å². The van der Waals surface area contributed by atoms with E-state index in [1.807, 2.05) is 0 Å². The molecule has 0 bridgehead atoms. The van der Waals surface area contributed by atoms with Crippen LogP contribution in [0.15, 0.2) is 24.3 Å². The summed E-state index contributed by atoms with van der Waals surface area (Å²) in [5, 5.41) is 0. The maximum atomic E-state index is 3.47. The quantitative estimate of drug-likeness (QED) is 0.428. The Bertz CT molecular complexity index is 297. The van der Waals surface area contributed by atoms with E-state index < -0.39 is 0 Å². The molecule has 1 atom stereocenters. The van der Waals surface area contributed by atoms with Crippen LogP contribution in [0, 0.1) is 12.0 Å². The van der Waals surface area contributed by atoms with Crippen LogP contribution in [0.5, 0.6) is 0 Å². The molecule has 0 amide bonds. The van der Waals surface area contributed by atoms with E-state index in [1.165, 1.54) is 56.9 Å². The van der Waals surface area contributed by atoms with Crippen LogP contribution in [0.1, 0.15) is 83.6 Å². The summed E-state index contributed by atoms with van der Waals surface area (Å²) in [7, 11) is 0. The highest BCUT2D eigenvalue weighted by molar-refractivity contribution is 5.18. The maximum absolute atomic E-state index is 3.47. The first-order valence-corrected chi connectivity index (χ1v) is 8.30. The largest absolute Gasteiger partial charge is 0.0654 e. The summed E-state index contributed by atoms with van der Waals surface area (Å²) in [5.41, 5.74) is 1.44. The molecule has 0 heteroatoms. The van der Waals surface area contributed by atoms with Crippen molar-refractivity contribution in [3.63, 3.8) is 0 Å². The fourth-order valence-electron chi connectivity index (χ4n) is 3.11. The van der Waals surface area contributed by atoms with Gasteiger partial charge in [0.05, 0.1) is 0 Å². The average Bonchev–Trinajstić information content (AvgIpc) is 2.47. The van der Waals surface area contributed by atoms with Crippen molar-refractivity contribution in [3.05, 3.63) is 35.9 Å². The van der Waals surface area contributed by atoms with Gasteiger partial charge in [0, 0.05) is 0 Å². The van der Waals surface area contributed by atoms with Crippen molar-refractivity contribution in [3.8, 4) is 0 Å². The highest BCUT2D eigenvalue weighted by Gasteiger charge is 2.19. The molecule has 0 aliphatic rings. The van der Waals surface area contributed by atoms with Crippen LogP contribution in [0.2, 0.25) is 0 Å². The fourth-order valence-corrected chi connectivity index (χ4v) is 3.11. The molecule has 1 aromatic carbocycles. The molecule has 1 radical (unpaired) electrons. The number of hydrogen-bond acceptors (Lipinski definition) is 0. The van der Waals surface area contributed by atoms with Gasteiger partial charge in [-0.1, -0.05) is 90.0 Å². The number of rotatable bonds is 10. The summed E-state index contributed by atoms with van der Waals surface area (Å²) < 4.78 is 0. The van der Waals surface area contributed by atoms with Crippen molar-refractivity contribution in [2.75, 3.05) is 0 Å². The Morgan fingerprint density at radius 2 is 1.68 bits per heavy atom. The second kappa shape index (κ2) is 10.1. The lowest BCUT2D eigenvalue weighted by atomic mass is 9.79. The number of benzene rings is 1. The third-order valence-electron chi connectivity index (χ3n) is 4.37. The Hall–Kier alpha value is -0.780. The molecule has 0 heterocycles. The third kappa shape index (κ3) is 5.80. The van der Waals surface area contributed by atoms with E-state index in [4.69, 9.17) is 0 Å². The molecule has 0 saturated carbocycles. The molecule has 19 heavy (non-hydrogen) atoms. The van der Waals surface area contributed by atoms with E-state index >= 15 is 0 Å². The molecule has 107 valence electrons. The molecule has 0 aromatic heterocycles. The number of unbranched alkanes of at least 4 members (excludes halogenated alkanes) is 4. The van der Waals surface area contributed by atoms with E-state index in [0.717, 1.165) is 11.8 Å². The molecular weight excluding hydrogens is 228 g/mol. The molecule has 1 rings (SSSR count). The van der Waals surface area contributed by atoms with Gasteiger partial charge in [0.25, 0.3) is 0 Å². The summed E-state index contributed by atoms with van der Waals surface area (Å²) in [6, 6.07) is 12.1. The highest BCUT2D eigenvalue weighted by atomic mass is 14.2. The van der Waals surface area contributed by atoms with Gasteiger partial charge in [0.2, 0.25) is 0 Å². The van der Waals surface area contributed by atoms with Crippen LogP contribution in [0.4, 0.5) is 0 Å². The van der Waals surface area contributed by atoms with Crippen LogP contribution < -0.4 is 0 Å². The molecule has 0 saturated heterocycles. The van der Waals surface area contributed by atoms with Crippen molar-refractivity contribution in [1.82, 2.24) is 0 Å². The molecule has 1 aromatic rings. The van der Waals surface area contributed by atoms with Crippen LogP contribution in [-0.2, 0) is 0 Å². The minimum Gasteiger partial charge on any atom is -0.0654 e. The minimum atomic E-state index is 0.720. The molecule has 0 fully saturated rings. The number of hydrogen-bond donors (Lipinski definition) is 0. The highest BCUT2D eigenvalue weighted by Crippen LogP contribution is 2.34. The van der Waals surface area contributed by atoms with Gasteiger partial charge >= 0.3 is 0 Å². The second-order valence-electron chi connectivity index (χ2n) is 5.70. The molecule has 0 spiro atoms. The predicted octanol–water partition coefficient (Wildman–Crippen LogP) is 6.37. The van der Waals surface area contributed by atoms with Gasteiger partial charge in [-0.15, -0.1) is 0 Å². The van der Waals surface area contributed by atoms with Crippen LogP contribution in [0.25, 0.3) is 0 Å². The first kappa shape index (κ1) is 16.3. The van der Waals surface area contributed by atoms with Gasteiger partial charge in [-0.3, -0.25) is 0 Å². The van der Waals surface area contributed by atoms with E-state index in [9.17, 15) is 0 Å². The van der Waals surface area contributed by atoms with E-state index in [1.54, 1.807) is 0 Å². The Balaban J connectivity index is 2.55. The molecule has 1 unspecified atom stereocenters. The average molecular weight is 259 g/mol. The van der Waals surface area contributed by atoms with Crippen molar-refractivity contribution in [2.24, 2.45) is 5.92 Å². The van der Waals surface area contributed by atoms with E-state index in [0.29, 0.717) is 0 Å². The minimum absolute atomic E-state index is 0.720. The maximum Gasteiger partial charge on any atom is -0.0128 e. The van der Waals surface area contributed by atoms with Crippen LogP contribution >= 0.6 is 0 Å². The standard InChI is InChI=1S/C19H31/c1-4-7-8-9-13-16-19(17(5-2)6-3)18-14-11-10-12-15-18/h10-12,14,17,19H,4-9,13,16H2,1-3H3. The molecule has 0 N–H and O–H groups in total. The fraction of sp³-hybridized carbons (Fsp3) is 0.684. The van der Waals surface area contributed by atoms with Gasteiger partial charge in [-0.05, 0) is 29.9 Å². The zero-order valence-electron chi connectivity index (χ0n) is 13.1. The summed E-state index contributed by atoms with van der Waals surface area (Å²) >= 11 is 0. The Labute approximate surface area is 120 Å². The zero-order chi connectivity index (χ0) is 13.9. The zero-order valence-corrected chi connectivity index (χ0v) is 13.1. The first-order valence-electron chi connectivity index (χ1n) is 8.30. The smallest absolute Gasteiger partial charge is 0.0128 e. The predicted molar refractivity (Wildman–Crippen MR) is 85.5 cm³/mol. The van der Waals surface area contributed by atoms with Crippen LogP contribution in [-0.4, -0.2) is 0 Å². The SMILES string of the molecule is CCCCCCCC(c1[c]cccc1)C(CC)CC. The monoisotopic (exact) mass is 259 g/mol. The van der Waals surface area contributed by atoms with Crippen LogP contribution in [0.3, 0.4) is 0 Å². The van der Waals surface area contributed by atoms with Gasteiger partial charge < -0.3 is 0 Å². The van der Waals surface area contributed by atoms with Gasteiger partial charge in [0.1, 0.15) is 0 Å². The Morgan fingerprint density at radius 1 is 0.947 bits per heavy atom. The van der Waals surface area contributed by atoms with Gasteiger partial charge in [0.15, 0.2) is 0 Å². The molecule has 0 aliphatic heterocycles. The van der Waals surface area contributed by atoms with Crippen molar-refractivity contribution in [1.29, 1.82) is 0 Å². The summed E-state index contributed by atoms with van der Waals surface area (Å²) in [6.07, 6.45) is 10.8. The summed E-state index contributed by atoms with van der Waals surface area (Å²) in [6.45, 7) is 6.95. The third-order valence-corrected chi connectivity index (χ3v) is 4.37. The second-order valence-corrected chi connectivity index (χ2v) is 5.70. The topological polar surface area (TPSA) is 0 Å². The van der Waals surface area contributed by atoms with Gasteiger partial charge in [-0.25, -0.2) is 0 Å². The lowest BCUT2D eigenvalue weighted by molar-refractivity contribution is 0.366. The first-order chi connectivity index (χ1) is 9.33. The van der Waals surface area contributed by atoms with Crippen molar-refractivity contribution < 1.29 is 0 Å². The van der Waals surface area contributed by atoms with Gasteiger partial charge in [-0.2, -0.15) is 0 Å². The van der Waals surface area contributed by atoms with E-state index in [2.05, 4.69) is 51.1 Å². The van der Waals surface area contributed by atoms with Crippen molar-refractivity contribution >= 4 is 0 Å². The lowest BCUT2D eigenvalue weighted by Crippen LogP contribution is -2.12. The normalized spacial score (nSPS) is 12.8. The Kier molecular flexibility index (Phi) is 8.62. The molecular formula is C19H31. The molecule has 0 nitrogen and oxygen atoms in total. The summed E-state index contributed by atoms with van der Waals surface area (Å²) in [4.78, 5) is 0. The summed E-state index contributed by atoms with van der Waals surface area (Å²) in [5.74, 6) is 1.54. The molecule has 0 aliphatic carbocycles. The lowest BCUT2D eigenvalue weighted by Gasteiger charge is -2.25. The van der Waals surface area contributed by atoms with Crippen molar-refractivity contribution in [2.45, 2.75) is 78.1 Å².